The predicted octanol–water partition coefficient (Wildman–Crippen LogP) is 2.31. The second-order valence-electron chi connectivity index (χ2n) is 4.65. The third-order valence-corrected chi connectivity index (χ3v) is 3.37. The summed E-state index contributed by atoms with van der Waals surface area (Å²) in [6, 6.07) is 4.71. The number of aryl methyl sites for hydroxylation is 1. The fourth-order valence-electron chi connectivity index (χ4n) is 2.49. The second-order valence-corrected chi connectivity index (χ2v) is 4.65. The first-order chi connectivity index (χ1) is 8.24. The molecule has 1 aromatic rings. The molecule has 3 nitrogen and oxygen atoms in total. The van der Waals surface area contributed by atoms with E-state index in [4.69, 9.17) is 9.47 Å². The van der Waals surface area contributed by atoms with E-state index in [0.29, 0.717) is 6.04 Å². The van der Waals surface area contributed by atoms with Gasteiger partial charge in [0.05, 0.1) is 14.2 Å². The van der Waals surface area contributed by atoms with Crippen LogP contribution in [0.5, 0.6) is 11.5 Å². The molecule has 1 aliphatic rings. The number of benzene rings is 1. The van der Waals surface area contributed by atoms with Crippen LogP contribution < -0.4 is 14.8 Å². The van der Waals surface area contributed by atoms with E-state index in [1.54, 1.807) is 14.2 Å². The smallest absolute Gasteiger partial charge is 0.126 e. The summed E-state index contributed by atoms with van der Waals surface area (Å²) in [5.74, 6) is 1.88. The minimum atomic E-state index is 0.556. The third kappa shape index (κ3) is 2.72. The average molecular weight is 235 g/mol. The lowest BCUT2D eigenvalue weighted by molar-refractivity contribution is 0.380. The van der Waals surface area contributed by atoms with Gasteiger partial charge in [0, 0.05) is 11.6 Å². The van der Waals surface area contributed by atoms with Gasteiger partial charge in [-0.3, -0.25) is 0 Å². The van der Waals surface area contributed by atoms with Crippen molar-refractivity contribution < 1.29 is 9.47 Å². The lowest BCUT2D eigenvalue weighted by Crippen LogP contribution is -2.24. The van der Waals surface area contributed by atoms with Crippen molar-refractivity contribution in [2.24, 2.45) is 0 Å². The Morgan fingerprint density at radius 2 is 1.88 bits per heavy atom. The van der Waals surface area contributed by atoms with Crippen molar-refractivity contribution in [3.8, 4) is 11.5 Å². The van der Waals surface area contributed by atoms with E-state index in [-0.39, 0.29) is 0 Å². The highest BCUT2D eigenvalue weighted by Crippen LogP contribution is 2.32. The van der Waals surface area contributed by atoms with Gasteiger partial charge in [-0.25, -0.2) is 0 Å². The maximum atomic E-state index is 5.47. The molecule has 3 heteroatoms. The van der Waals surface area contributed by atoms with E-state index in [0.717, 1.165) is 24.5 Å². The normalized spacial score (nSPS) is 19.4. The molecule has 0 spiro atoms. The van der Waals surface area contributed by atoms with Gasteiger partial charge in [-0.05, 0) is 50.4 Å². The Kier molecular flexibility index (Phi) is 3.89. The Balaban J connectivity index is 2.28. The van der Waals surface area contributed by atoms with Crippen molar-refractivity contribution in [3.63, 3.8) is 0 Å². The molecule has 0 aromatic heterocycles. The van der Waals surface area contributed by atoms with Crippen LogP contribution in [0.15, 0.2) is 12.1 Å². The molecule has 1 fully saturated rings. The number of rotatable bonds is 4. The zero-order chi connectivity index (χ0) is 12.3. The van der Waals surface area contributed by atoms with Gasteiger partial charge in [0.2, 0.25) is 0 Å². The fraction of sp³-hybridized carbons (Fsp3) is 0.571. The molecule has 0 aliphatic carbocycles. The Morgan fingerprint density at radius 1 is 1.24 bits per heavy atom. The van der Waals surface area contributed by atoms with Crippen LogP contribution in [0, 0.1) is 6.92 Å². The van der Waals surface area contributed by atoms with Crippen molar-refractivity contribution in [1.82, 2.24) is 5.32 Å². The van der Waals surface area contributed by atoms with Crippen LogP contribution >= 0.6 is 0 Å². The SMILES string of the molecule is COc1cc(C)cc(OC)c1CC1CCCN1. The molecule has 1 N–H and O–H groups in total. The number of methoxy groups -OCH3 is 2. The molecule has 1 atom stereocenters. The molecule has 0 saturated carbocycles. The van der Waals surface area contributed by atoms with Crippen molar-refractivity contribution in [3.05, 3.63) is 23.3 Å². The van der Waals surface area contributed by atoms with Gasteiger partial charge in [0.1, 0.15) is 11.5 Å². The number of hydrogen-bond acceptors (Lipinski definition) is 3. The third-order valence-electron chi connectivity index (χ3n) is 3.37. The minimum Gasteiger partial charge on any atom is -0.496 e. The first-order valence-corrected chi connectivity index (χ1v) is 6.19. The van der Waals surface area contributed by atoms with E-state index in [9.17, 15) is 0 Å². The van der Waals surface area contributed by atoms with Gasteiger partial charge in [-0.15, -0.1) is 0 Å². The van der Waals surface area contributed by atoms with Crippen LogP contribution in [0.25, 0.3) is 0 Å². The molecule has 1 aromatic carbocycles. The minimum absolute atomic E-state index is 0.556. The van der Waals surface area contributed by atoms with Gasteiger partial charge >= 0.3 is 0 Å². The highest BCUT2D eigenvalue weighted by atomic mass is 16.5. The van der Waals surface area contributed by atoms with Crippen molar-refractivity contribution in [2.45, 2.75) is 32.2 Å². The first-order valence-electron chi connectivity index (χ1n) is 6.19. The molecule has 1 heterocycles. The van der Waals surface area contributed by atoms with E-state index in [1.165, 1.54) is 24.0 Å². The predicted molar refractivity (Wildman–Crippen MR) is 69.0 cm³/mol. The highest BCUT2D eigenvalue weighted by molar-refractivity contribution is 5.48. The molecule has 0 radical (unpaired) electrons. The molecular formula is C14H21NO2. The van der Waals surface area contributed by atoms with Gasteiger partial charge in [-0.1, -0.05) is 0 Å². The molecule has 17 heavy (non-hydrogen) atoms. The number of hydrogen-bond donors (Lipinski definition) is 1. The number of ether oxygens (including phenoxy) is 2. The topological polar surface area (TPSA) is 30.5 Å². The van der Waals surface area contributed by atoms with Gasteiger partial charge in [0.15, 0.2) is 0 Å². The van der Waals surface area contributed by atoms with Gasteiger partial charge in [0.25, 0.3) is 0 Å². The largest absolute Gasteiger partial charge is 0.496 e. The molecule has 1 saturated heterocycles. The van der Waals surface area contributed by atoms with E-state index in [1.807, 2.05) is 0 Å². The number of nitrogens with one attached hydrogen (secondary N) is 1. The molecule has 94 valence electrons. The Bertz CT molecular complexity index is 359. The maximum Gasteiger partial charge on any atom is 0.126 e. The van der Waals surface area contributed by atoms with Crippen LogP contribution in [0.2, 0.25) is 0 Å². The average Bonchev–Trinajstić information content (AvgIpc) is 2.83. The molecule has 0 bridgehead atoms. The molecular weight excluding hydrogens is 214 g/mol. The first kappa shape index (κ1) is 12.2. The summed E-state index contributed by atoms with van der Waals surface area (Å²) >= 11 is 0. The zero-order valence-electron chi connectivity index (χ0n) is 10.9. The summed E-state index contributed by atoms with van der Waals surface area (Å²) in [7, 11) is 3.44. The summed E-state index contributed by atoms with van der Waals surface area (Å²) in [5.41, 5.74) is 2.35. The monoisotopic (exact) mass is 235 g/mol. The van der Waals surface area contributed by atoms with E-state index >= 15 is 0 Å². The van der Waals surface area contributed by atoms with Crippen LogP contribution in [0.4, 0.5) is 0 Å². The summed E-state index contributed by atoms with van der Waals surface area (Å²) in [5, 5.41) is 3.51. The Hall–Kier alpha value is -1.22. The van der Waals surface area contributed by atoms with Crippen LogP contribution in [-0.4, -0.2) is 26.8 Å². The summed E-state index contributed by atoms with van der Waals surface area (Å²) in [6.07, 6.45) is 3.48. The molecule has 0 amide bonds. The quantitative estimate of drug-likeness (QED) is 0.868. The standard InChI is InChI=1S/C14H21NO2/c1-10-7-13(16-2)12(14(8-10)17-3)9-11-5-4-6-15-11/h7-8,11,15H,4-6,9H2,1-3H3. The summed E-state index contributed by atoms with van der Waals surface area (Å²) in [4.78, 5) is 0. The van der Waals surface area contributed by atoms with Gasteiger partial charge < -0.3 is 14.8 Å². The summed E-state index contributed by atoms with van der Waals surface area (Å²) < 4.78 is 10.9. The molecule has 1 unspecified atom stereocenters. The van der Waals surface area contributed by atoms with Crippen molar-refractivity contribution in [2.75, 3.05) is 20.8 Å². The lowest BCUT2D eigenvalue weighted by atomic mass is 10.0. The molecule has 1 aliphatic heterocycles. The van der Waals surface area contributed by atoms with Crippen LogP contribution in [0.3, 0.4) is 0 Å². The maximum absolute atomic E-state index is 5.47. The van der Waals surface area contributed by atoms with Gasteiger partial charge in [-0.2, -0.15) is 0 Å². The zero-order valence-corrected chi connectivity index (χ0v) is 10.9. The van der Waals surface area contributed by atoms with Crippen molar-refractivity contribution in [1.29, 1.82) is 0 Å². The Morgan fingerprint density at radius 3 is 2.35 bits per heavy atom. The second kappa shape index (κ2) is 5.41. The highest BCUT2D eigenvalue weighted by Gasteiger charge is 2.19. The summed E-state index contributed by atoms with van der Waals surface area (Å²) in [6.45, 7) is 3.18. The fourth-order valence-corrected chi connectivity index (χ4v) is 2.49. The van der Waals surface area contributed by atoms with Crippen LogP contribution in [0.1, 0.15) is 24.0 Å². The molecule has 2 rings (SSSR count). The Labute approximate surface area is 103 Å². The van der Waals surface area contributed by atoms with Crippen molar-refractivity contribution >= 4 is 0 Å². The van der Waals surface area contributed by atoms with E-state index < -0.39 is 0 Å². The van der Waals surface area contributed by atoms with Crippen LogP contribution in [-0.2, 0) is 6.42 Å². The van der Waals surface area contributed by atoms with E-state index in [2.05, 4.69) is 24.4 Å². The lowest BCUT2D eigenvalue weighted by Gasteiger charge is -2.17.